The van der Waals surface area contributed by atoms with Gasteiger partial charge in [-0.3, -0.25) is 0 Å². The fourth-order valence-corrected chi connectivity index (χ4v) is 17.8. The zero-order valence-electron chi connectivity index (χ0n) is 84.5. The normalized spacial score (nSPS) is 17.2. The van der Waals surface area contributed by atoms with E-state index in [1.165, 1.54) is 210 Å². The van der Waals surface area contributed by atoms with E-state index >= 15 is 0 Å². The molecule has 7 aliphatic rings. The molecule has 16 nitrogen and oxygen atoms in total. The summed E-state index contributed by atoms with van der Waals surface area (Å²) < 4.78 is 86.6. The molecule has 0 bridgehead atoms. The van der Waals surface area contributed by atoms with Gasteiger partial charge in [-0.15, -0.1) is 0 Å². The first-order valence-corrected chi connectivity index (χ1v) is 53.1. The Labute approximate surface area is 806 Å². The minimum absolute atomic E-state index is 0.249. The highest BCUT2D eigenvalue weighted by Gasteiger charge is 2.29. The van der Waals surface area contributed by atoms with Gasteiger partial charge in [0.25, 0.3) is 0 Å². The first-order chi connectivity index (χ1) is 65.2. The fourth-order valence-electron chi connectivity index (χ4n) is 17.8. The number of hydrogen-bond donors (Lipinski definition) is 1. The predicted molar refractivity (Wildman–Crippen MR) is 547 cm³/mol. The Hall–Kier alpha value is -8.34. The molecule has 1 saturated heterocycles. The van der Waals surface area contributed by atoms with Gasteiger partial charge in [-0.2, -0.15) is 0 Å². The number of benzene rings is 7. The van der Waals surface area contributed by atoms with Gasteiger partial charge < -0.3 is 76.2 Å². The SMILES string of the molecule is CCCOc1cc(C)cc(OCC2CCCCC2)c1.CCCOc1cc(OCC2CCCCC2)ccc1C.CCCOc1cccc(OCC2(O)CCCCCCC2)c1.CCCOc1cccc(OCC2CCCC2)c1.CCCOc1cccc(OCC2CCCCC2)c1C.CCCOc1cccc(OCC2CCCCCCC2)c1.CCCOc1cccc(OCC2CCCCO2)c1. The molecule has 7 aromatic rings. The van der Waals surface area contributed by atoms with Crippen molar-refractivity contribution in [3.05, 3.63) is 168 Å². The molecule has 1 aliphatic heterocycles. The largest absolute Gasteiger partial charge is 0.493 e. The molecular weight excluding hydrogens is 1660 g/mol. The van der Waals surface area contributed by atoms with Crippen LogP contribution in [0.3, 0.4) is 0 Å². The summed E-state index contributed by atoms with van der Waals surface area (Å²) in [7, 11) is 0. The van der Waals surface area contributed by atoms with Crippen molar-refractivity contribution >= 4 is 0 Å². The standard InChI is InChI=1S/C18H28O3.C18H28O2.3C17H26O2.C15H22O3.C15H22O2/c1-2-13-20-16-9-8-10-17(14-16)21-15-18(19)11-6-4-3-5-7-12-18;1-2-13-19-17-11-8-12-18(14-17)20-15-16-9-6-4-3-5-7-10-16;1-3-12-18-16-10-7-11-17(14(16)2)19-13-15-8-5-4-6-9-15;1-3-11-18-17-12-16(10-9-14(17)2)19-13-15-7-5-4-6-8-15;1-3-9-18-16-10-14(2)11-17(12-16)19-13-15-7-5-4-6-8-15;1-2-9-16-13-7-5-8-14(11-13)18-12-15-6-3-4-10-17-15;1-2-10-16-14-8-5-9-15(11-14)17-12-13-6-3-4-7-13/h8-10,14,19H,2-7,11-13,15H2,1H3;8,11-12,14,16H,2-7,9-10,13,15H2,1H3;7,10-11,15H,3-6,8-9,12-13H2,1-2H3;9-10,12,15H,3-8,11,13H2,1-2H3;10-12,15H,3-9,13H2,1-2H3;5,7-8,11,15H,2-4,6,9-10,12H2,1H3;5,8-9,11,13H,2-4,6-7,10,12H2,1H3. The van der Waals surface area contributed by atoms with E-state index in [-0.39, 0.29) is 6.10 Å². The van der Waals surface area contributed by atoms with Gasteiger partial charge in [0.1, 0.15) is 93.7 Å². The van der Waals surface area contributed by atoms with Crippen molar-refractivity contribution in [2.45, 2.75) is 357 Å². The van der Waals surface area contributed by atoms with Crippen LogP contribution in [0.25, 0.3) is 0 Å². The molecule has 1 N–H and O–H groups in total. The highest BCUT2D eigenvalue weighted by Crippen LogP contribution is 2.36. The summed E-state index contributed by atoms with van der Waals surface area (Å²) in [6.07, 6.45) is 53.9. The van der Waals surface area contributed by atoms with E-state index in [0.717, 1.165) is 272 Å². The van der Waals surface area contributed by atoms with Crippen molar-refractivity contribution in [3.8, 4) is 80.5 Å². The molecule has 7 fully saturated rings. The summed E-state index contributed by atoms with van der Waals surface area (Å²) in [6, 6.07) is 50.0. The van der Waals surface area contributed by atoms with Crippen molar-refractivity contribution < 1.29 is 76.2 Å². The zero-order chi connectivity index (χ0) is 94.1. The van der Waals surface area contributed by atoms with E-state index in [4.69, 9.17) is 71.1 Å². The molecule has 16 heteroatoms. The first kappa shape index (κ1) is 110. The minimum Gasteiger partial charge on any atom is -0.493 e. The molecule has 14 rings (SSSR count). The van der Waals surface area contributed by atoms with Gasteiger partial charge in [-0.25, -0.2) is 0 Å². The third-order valence-electron chi connectivity index (χ3n) is 25.7. The molecule has 0 amide bonds. The van der Waals surface area contributed by atoms with Crippen molar-refractivity contribution in [1.29, 1.82) is 0 Å². The lowest BCUT2D eigenvalue weighted by Crippen LogP contribution is -2.36. The lowest BCUT2D eigenvalue weighted by atomic mass is 9.88. The number of aryl methyl sites for hydroxylation is 2. The van der Waals surface area contributed by atoms with Crippen LogP contribution in [0.5, 0.6) is 80.5 Å². The third-order valence-corrected chi connectivity index (χ3v) is 25.7. The van der Waals surface area contributed by atoms with Crippen molar-refractivity contribution in [2.24, 2.45) is 29.6 Å². The summed E-state index contributed by atoms with van der Waals surface area (Å²) >= 11 is 0. The summed E-state index contributed by atoms with van der Waals surface area (Å²) in [6.45, 7) is 32.5. The lowest BCUT2D eigenvalue weighted by molar-refractivity contribution is -0.0257. The van der Waals surface area contributed by atoms with Crippen LogP contribution < -0.4 is 66.3 Å². The molecular formula is C117H178O16. The quantitative estimate of drug-likeness (QED) is 0.0385. The van der Waals surface area contributed by atoms with Gasteiger partial charge in [0, 0.05) is 48.6 Å². The number of aliphatic hydroxyl groups is 1. The van der Waals surface area contributed by atoms with Gasteiger partial charge in [0.15, 0.2) is 0 Å². The topological polar surface area (TPSA) is 159 Å². The number of hydrogen-bond acceptors (Lipinski definition) is 16. The molecule has 7 aromatic carbocycles. The van der Waals surface area contributed by atoms with Crippen LogP contribution in [-0.2, 0) is 4.74 Å². The van der Waals surface area contributed by atoms with Crippen LogP contribution >= 0.6 is 0 Å². The average Bonchev–Trinajstić information content (AvgIpc) is 1.37. The first-order valence-electron chi connectivity index (χ1n) is 53.1. The highest BCUT2D eigenvalue weighted by atomic mass is 16.5. The Kier molecular flexibility index (Phi) is 56.7. The summed E-state index contributed by atoms with van der Waals surface area (Å²) in [5.74, 6) is 16.5. The molecule has 1 atom stereocenters. The number of ether oxygens (including phenoxy) is 15. The van der Waals surface area contributed by atoms with E-state index in [1.807, 2.05) is 121 Å². The van der Waals surface area contributed by atoms with Crippen molar-refractivity contribution in [1.82, 2.24) is 0 Å². The molecule has 133 heavy (non-hydrogen) atoms. The van der Waals surface area contributed by atoms with Gasteiger partial charge in [0.2, 0.25) is 0 Å². The Morgan fingerprint density at radius 1 is 0.256 bits per heavy atom. The smallest absolute Gasteiger partial charge is 0.125 e. The molecule has 0 radical (unpaired) electrons. The maximum absolute atomic E-state index is 10.7. The second kappa shape index (κ2) is 68.6. The summed E-state index contributed by atoms with van der Waals surface area (Å²) in [4.78, 5) is 0. The van der Waals surface area contributed by atoms with E-state index in [9.17, 15) is 5.11 Å². The van der Waals surface area contributed by atoms with Crippen LogP contribution in [0.1, 0.15) is 341 Å². The van der Waals surface area contributed by atoms with Crippen molar-refractivity contribution in [3.63, 3.8) is 0 Å². The highest BCUT2D eigenvalue weighted by molar-refractivity contribution is 5.44. The summed E-state index contributed by atoms with van der Waals surface area (Å²) in [5, 5.41) is 10.7. The monoisotopic (exact) mass is 1840 g/mol. The van der Waals surface area contributed by atoms with Gasteiger partial charge in [-0.05, 0) is 282 Å². The van der Waals surface area contributed by atoms with Crippen LogP contribution in [0, 0.1) is 50.4 Å². The number of rotatable bonds is 42. The Balaban J connectivity index is 0.000000191. The lowest BCUT2D eigenvalue weighted by Gasteiger charge is -2.30. The van der Waals surface area contributed by atoms with E-state index in [1.54, 1.807) is 0 Å². The van der Waals surface area contributed by atoms with E-state index < -0.39 is 5.60 Å². The fraction of sp³-hybridized carbons (Fsp3) is 0.641. The van der Waals surface area contributed by atoms with Crippen LogP contribution in [0.4, 0.5) is 0 Å². The zero-order valence-corrected chi connectivity index (χ0v) is 84.5. The second-order valence-electron chi connectivity index (χ2n) is 38.1. The molecule has 0 aromatic heterocycles. The Morgan fingerprint density at radius 3 is 0.925 bits per heavy atom. The maximum atomic E-state index is 10.7. The molecule has 742 valence electrons. The van der Waals surface area contributed by atoms with E-state index in [2.05, 4.69) is 99.6 Å². The minimum atomic E-state index is -0.666. The summed E-state index contributed by atoms with van der Waals surface area (Å²) in [5.41, 5.74) is 2.85. The van der Waals surface area contributed by atoms with Crippen LogP contribution in [0.2, 0.25) is 0 Å². The maximum Gasteiger partial charge on any atom is 0.125 e. The average molecular weight is 1840 g/mol. The molecule has 6 aliphatic carbocycles. The molecule has 0 spiro atoms. The van der Waals surface area contributed by atoms with Gasteiger partial charge in [-0.1, -0.05) is 220 Å². The van der Waals surface area contributed by atoms with Gasteiger partial charge in [0.05, 0.1) is 91.0 Å². The predicted octanol–water partition coefficient (Wildman–Crippen LogP) is 31.2. The third kappa shape index (κ3) is 47.8. The Morgan fingerprint density at radius 2 is 0.534 bits per heavy atom. The molecule has 1 unspecified atom stereocenters. The van der Waals surface area contributed by atoms with Crippen LogP contribution in [-0.4, -0.2) is 116 Å². The van der Waals surface area contributed by atoms with E-state index in [0.29, 0.717) is 19.8 Å². The Bertz CT molecular complexity index is 4040. The molecule has 1 heterocycles. The van der Waals surface area contributed by atoms with Gasteiger partial charge >= 0.3 is 0 Å². The molecule has 6 saturated carbocycles. The van der Waals surface area contributed by atoms with Crippen LogP contribution in [0.15, 0.2) is 152 Å². The van der Waals surface area contributed by atoms with Crippen molar-refractivity contribution in [2.75, 3.05) is 99.1 Å². The second-order valence-corrected chi connectivity index (χ2v) is 38.1.